The summed E-state index contributed by atoms with van der Waals surface area (Å²) in [4.78, 5) is 14.0. The van der Waals surface area contributed by atoms with Crippen LogP contribution >= 0.6 is 0 Å². The Bertz CT molecular complexity index is 1090. The quantitative estimate of drug-likeness (QED) is 0.681. The molecule has 10 heteroatoms. The first kappa shape index (κ1) is 21.3. The first-order valence-electron chi connectivity index (χ1n) is 8.89. The molecule has 3 rings (SSSR count). The van der Waals surface area contributed by atoms with Crippen molar-refractivity contribution in [2.24, 2.45) is 0 Å². The van der Waals surface area contributed by atoms with Gasteiger partial charge in [0.2, 0.25) is 5.91 Å². The Labute approximate surface area is 169 Å². The van der Waals surface area contributed by atoms with Crippen LogP contribution in [-0.2, 0) is 24.7 Å². The zero-order valence-electron chi connectivity index (χ0n) is 15.7. The zero-order chi connectivity index (χ0) is 21.2. The summed E-state index contributed by atoms with van der Waals surface area (Å²) in [6.45, 7) is -0.503. The molecule has 1 atom stereocenters. The molecule has 0 unspecified atom stereocenters. The summed E-state index contributed by atoms with van der Waals surface area (Å²) in [5.41, 5.74) is 0.276. The van der Waals surface area contributed by atoms with Crippen LogP contribution in [0.25, 0.3) is 0 Å². The summed E-state index contributed by atoms with van der Waals surface area (Å²) in [6.07, 6.45) is 0.320. The molecule has 1 amide bonds. The smallest absolute Gasteiger partial charge is 0.264 e. The summed E-state index contributed by atoms with van der Waals surface area (Å²) >= 11 is 0. The van der Waals surface area contributed by atoms with Crippen molar-refractivity contribution >= 4 is 31.5 Å². The highest BCUT2D eigenvalue weighted by molar-refractivity contribution is 7.93. The normalized spacial score (nSPS) is 18.3. The highest BCUT2D eigenvalue weighted by atomic mass is 32.2. The molecule has 29 heavy (non-hydrogen) atoms. The van der Waals surface area contributed by atoms with E-state index >= 15 is 0 Å². The van der Waals surface area contributed by atoms with Gasteiger partial charge in [-0.25, -0.2) is 21.2 Å². The van der Waals surface area contributed by atoms with Crippen LogP contribution < -0.4 is 4.31 Å². The largest absolute Gasteiger partial charge is 0.340 e. The van der Waals surface area contributed by atoms with Crippen LogP contribution in [0.3, 0.4) is 0 Å². The van der Waals surface area contributed by atoms with Crippen molar-refractivity contribution in [3.05, 3.63) is 60.4 Å². The number of rotatable bonds is 6. The molecule has 1 aliphatic rings. The number of nitrogens with zero attached hydrogens (tertiary/aromatic N) is 2. The number of halogens is 1. The molecule has 156 valence electrons. The molecule has 1 aliphatic heterocycles. The molecule has 0 N–H and O–H groups in total. The maximum atomic E-state index is 13.2. The minimum atomic E-state index is -4.14. The molecule has 2 aromatic rings. The third-order valence-corrected chi connectivity index (χ3v) is 8.41. The SMILES string of the molecule is CN(C(=O)CN(c1ccccc1)S(=O)(=O)c1ccc(F)cc1)[C@@H]1CCS(=O)(=O)C1. The molecule has 0 saturated carbocycles. The van der Waals surface area contributed by atoms with Gasteiger partial charge in [-0.05, 0) is 42.8 Å². The van der Waals surface area contributed by atoms with Crippen molar-refractivity contribution in [1.82, 2.24) is 4.90 Å². The number of carbonyl (C=O) groups is 1. The fourth-order valence-corrected chi connectivity index (χ4v) is 6.35. The lowest BCUT2D eigenvalue weighted by molar-refractivity contribution is -0.129. The topological polar surface area (TPSA) is 91.8 Å². The number of sulfonamides is 1. The van der Waals surface area contributed by atoms with Gasteiger partial charge in [0.15, 0.2) is 9.84 Å². The first-order chi connectivity index (χ1) is 13.6. The highest BCUT2D eigenvalue weighted by Gasteiger charge is 2.35. The molecule has 1 saturated heterocycles. The monoisotopic (exact) mass is 440 g/mol. The van der Waals surface area contributed by atoms with Crippen molar-refractivity contribution in [2.75, 3.05) is 29.4 Å². The number of para-hydroxylation sites is 1. The highest BCUT2D eigenvalue weighted by Crippen LogP contribution is 2.24. The Balaban J connectivity index is 1.90. The Morgan fingerprint density at radius 2 is 1.72 bits per heavy atom. The summed E-state index contributed by atoms with van der Waals surface area (Å²) in [5, 5.41) is 0. The van der Waals surface area contributed by atoms with E-state index < -0.39 is 44.2 Å². The second-order valence-corrected chi connectivity index (χ2v) is 11.0. The second kappa shape index (κ2) is 8.11. The third-order valence-electron chi connectivity index (χ3n) is 4.87. The fourth-order valence-electron chi connectivity index (χ4n) is 3.16. The summed E-state index contributed by atoms with van der Waals surface area (Å²) < 4.78 is 63.9. The zero-order valence-corrected chi connectivity index (χ0v) is 17.4. The fraction of sp³-hybridized carbons (Fsp3) is 0.316. The molecule has 0 spiro atoms. The van der Waals surface area contributed by atoms with E-state index in [0.29, 0.717) is 6.42 Å². The van der Waals surface area contributed by atoms with E-state index in [-0.39, 0.29) is 22.1 Å². The number of anilines is 1. The third kappa shape index (κ3) is 4.76. The van der Waals surface area contributed by atoms with Crippen molar-refractivity contribution in [3.8, 4) is 0 Å². The van der Waals surface area contributed by atoms with Gasteiger partial charge in [-0.15, -0.1) is 0 Å². The van der Waals surface area contributed by atoms with Gasteiger partial charge < -0.3 is 4.90 Å². The van der Waals surface area contributed by atoms with Gasteiger partial charge in [0.05, 0.1) is 22.1 Å². The van der Waals surface area contributed by atoms with Crippen LogP contribution in [0.2, 0.25) is 0 Å². The van der Waals surface area contributed by atoms with E-state index in [1.807, 2.05) is 0 Å². The lowest BCUT2D eigenvalue weighted by atomic mass is 10.2. The van der Waals surface area contributed by atoms with E-state index in [1.165, 1.54) is 11.9 Å². The average Bonchev–Trinajstić information content (AvgIpc) is 3.06. The molecular weight excluding hydrogens is 419 g/mol. The number of amides is 1. The Morgan fingerprint density at radius 1 is 1.10 bits per heavy atom. The van der Waals surface area contributed by atoms with Gasteiger partial charge in [0.25, 0.3) is 10.0 Å². The van der Waals surface area contributed by atoms with Crippen molar-refractivity contribution in [2.45, 2.75) is 17.4 Å². The van der Waals surface area contributed by atoms with E-state index in [9.17, 15) is 26.0 Å². The van der Waals surface area contributed by atoms with Crippen LogP contribution in [0, 0.1) is 5.82 Å². The minimum Gasteiger partial charge on any atom is -0.340 e. The Kier molecular flexibility index (Phi) is 5.95. The first-order valence-corrected chi connectivity index (χ1v) is 12.2. The van der Waals surface area contributed by atoms with Crippen molar-refractivity contribution in [3.63, 3.8) is 0 Å². The molecular formula is C19H21FN2O5S2. The van der Waals surface area contributed by atoms with E-state index in [1.54, 1.807) is 30.3 Å². The molecule has 7 nitrogen and oxygen atoms in total. The molecule has 0 aromatic heterocycles. The van der Waals surface area contributed by atoms with Crippen LogP contribution in [-0.4, -0.2) is 58.8 Å². The lowest BCUT2D eigenvalue weighted by Gasteiger charge is -2.29. The van der Waals surface area contributed by atoms with Gasteiger partial charge in [-0.3, -0.25) is 9.10 Å². The predicted octanol–water partition coefficient (Wildman–Crippen LogP) is 1.67. The number of benzene rings is 2. The van der Waals surface area contributed by atoms with Crippen molar-refractivity contribution in [1.29, 1.82) is 0 Å². The van der Waals surface area contributed by atoms with Crippen LogP contribution in [0.15, 0.2) is 59.5 Å². The standard InChI is InChI=1S/C19H21FN2O5S2/c1-21(17-11-12-28(24,25)14-17)19(23)13-22(16-5-3-2-4-6-16)29(26,27)18-9-7-15(20)8-10-18/h2-10,17H,11-14H2,1H3/t17-/m1/s1. The molecule has 1 fully saturated rings. The molecule has 1 heterocycles. The average molecular weight is 441 g/mol. The number of carbonyl (C=O) groups excluding carboxylic acids is 1. The van der Waals surface area contributed by atoms with Crippen LogP contribution in [0.1, 0.15) is 6.42 Å². The van der Waals surface area contributed by atoms with E-state index in [2.05, 4.69) is 0 Å². The van der Waals surface area contributed by atoms with E-state index in [4.69, 9.17) is 0 Å². The number of hydrogen-bond donors (Lipinski definition) is 0. The maximum Gasteiger partial charge on any atom is 0.264 e. The van der Waals surface area contributed by atoms with Crippen LogP contribution in [0.5, 0.6) is 0 Å². The van der Waals surface area contributed by atoms with Crippen molar-refractivity contribution < 1.29 is 26.0 Å². The maximum absolute atomic E-state index is 13.2. The summed E-state index contributed by atoms with van der Waals surface area (Å²) in [6, 6.07) is 11.9. The molecule has 0 radical (unpaired) electrons. The van der Waals surface area contributed by atoms with Crippen LogP contribution in [0.4, 0.5) is 10.1 Å². The summed E-state index contributed by atoms with van der Waals surface area (Å²) in [5.74, 6) is -1.23. The number of sulfone groups is 1. The number of hydrogen-bond acceptors (Lipinski definition) is 5. The van der Waals surface area contributed by atoms with Gasteiger partial charge in [0, 0.05) is 13.1 Å². The van der Waals surface area contributed by atoms with E-state index in [0.717, 1.165) is 28.6 Å². The predicted molar refractivity (Wildman–Crippen MR) is 107 cm³/mol. The Morgan fingerprint density at radius 3 is 2.28 bits per heavy atom. The van der Waals surface area contributed by atoms with Gasteiger partial charge in [0.1, 0.15) is 12.4 Å². The Hall–Kier alpha value is -2.46. The second-order valence-electron chi connectivity index (χ2n) is 6.86. The number of likely N-dealkylation sites (N-methyl/N-ethyl adjacent to an activating group) is 1. The lowest BCUT2D eigenvalue weighted by Crippen LogP contribution is -2.45. The van der Waals surface area contributed by atoms with Gasteiger partial charge >= 0.3 is 0 Å². The molecule has 2 aromatic carbocycles. The van der Waals surface area contributed by atoms with Gasteiger partial charge in [-0.1, -0.05) is 18.2 Å². The summed E-state index contributed by atoms with van der Waals surface area (Å²) in [7, 11) is -5.86. The molecule has 0 bridgehead atoms. The molecule has 0 aliphatic carbocycles. The minimum absolute atomic E-state index is 0.00552. The van der Waals surface area contributed by atoms with Gasteiger partial charge in [-0.2, -0.15) is 0 Å².